The van der Waals surface area contributed by atoms with Gasteiger partial charge in [0.1, 0.15) is 0 Å². The van der Waals surface area contributed by atoms with E-state index in [1.807, 2.05) is 6.08 Å². The van der Waals surface area contributed by atoms with Crippen molar-refractivity contribution in [3.8, 4) is 0 Å². The maximum Gasteiger partial charge on any atom is 0.297 e. The monoisotopic (exact) mass is 154 g/mol. The molecular weight excluding hydrogens is 140 g/mol. The molecule has 1 saturated carbocycles. The lowest BCUT2D eigenvalue weighted by atomic mass is 10.1. The predicted octanol–water partition coefficient (Wildman–Crippen LogP) is 2.11. The smallest absolute Gasteiger partial charge is 0.297 e. The van der Waals surface area contributed by atoms with Crippen molar-refractivity contribution in [2.45, 2.75) is 26.2 Å². The maximum atomic E-state index is 9.77. The first-order valence-corrected chi connectivity index (χ1v) is 4.08. The number of allylic oxidation sites excluding steroid dienone is 1. The highest BCUT2D eigenvalue weighted by atomic mass is 16.5. The summed E-state index contributed by atoms with van der Waals surface area (Å²) in [4.78, 5) is 9.77. The zero-order chi connectivity index (χ0) is 8.10. The Kier molecular flexibility index (Phi) is 3.14. The lowest BCUT2D eigenvalue weighted by Gasteiger charge is -1.99. The first-order valence-electron chi connectivity index (χ1n) is 4.08. The van der Waals surface area contributed by atoms with Gasteiger partial charge in [-0.05, 0) is 30.8 Å². The largest absolute Gasteiger partial charge is 0.437 e. The number of ether oxygens (including phenoxy) is 1. The van der Waals surface area contributed by atoms with E-state index in [1.165, 1.54) is 25.5 Å². The number of carbonyl (C=O) groups is 1. The molecule has 11 heavy (non-hydrogen) atoms. The van der Waals surface area contributed by atoms with E-state index in [9.17, 15) is 4.79 Å². The first-order chi connectivity index (χ1) is 5.33. The molecule has 0 radical (unpaired) electrons. The standard InChI is InChI=1S/C9H14O2/c1-8-2-3-9(6-8)4-5-11-7-10/h4-5,7-9H,2-3,6H2,1H3/b5-4+. The van der Waals surface area contributed by atoms with Gasteiger partial charge in [0, 0.05) is 0 Å². The summed E-state index contributed by atoms with van der Waals surface area (Å²) in [5, 5.41) is 0. The second-order valence-electron chi connectivity index (χ2n) is 3.24. The Bertz CT molecular complexity index is 152. The van der Waals surface area contributed by atoms with Crippen LogP contribution < -0.4 is 0 Å². The molecule has 0 aliphatic heterocycles. The number of rotatable bonds is 3. The molecule has 0 spiro atoms. The summed E-state index contributed by atoms with van der Waals surface area (Å²) in [6.45, 7) is 2.71. The third kappa shape index (κ3) is 2.74. The van der Waals surface area contributed by atoms with Gasteiger partial charge in [-0.15, -0.1) is 0 Å². The van der Waals surface area contributed by atoms with Gasteiger partial charge in [0.05, 0.1) is 6.26 Å². The second-order valence-corrected chi connectivity index (χ2v) is 3.24. The zero-order valence-electron chi connectivity index (χ0n) is 6.82. The SMILES string of the molecule is CC1CCC(/C=C/OC=O)C1. The highest BCUT2D eigenvalue weighted by Gasteiger charge is 2.18. The van der Waals surface area contributed by atoms with E-state index in [0.717, 1.165) is 5.92 Å². The fraction of sp³-hybridized carbons (Fsp3) is 0.667. The van der Waals surface area contributed by atoms with Crippen LogP contribution >= 0.6 is 0 Å². The minimum Gasteiger partial charge on any atom is -0.437 e. The fourth-order valence-corrected chi connectivity index (χ4v) is 1.61. The summed E-state index contributed by atoms with van der Waals surface area (Å²) >= 11 is 0. The molecule has 1 aliphatic carbocycles. The molecule has 0 aromatic heterocycles. The van der Waals surface area contributed by atoms with Crippen molar-refractivity contribution in [1.29, 1.82) is 0 Å². The molecule has 0 bridgehead atoms. The van der Waals surface area contributed by atoms with Gasteiger partial charge >= 0.3 is 0 Å². The molecule has 0 saturated heterocycles. The molecule has 0 aromatic rings. The quantitative estimate of drug-likeness (QED) is 0.459. The molecule has 2 atom stereocenters. The minimum atomic E-state index is 0.453. The lowest BCUT2D eigenvalue weighted by molar-refractivity contribution is -0.123. The van der Waals surface area contributed by atoms with Crippen LogP contribution in [0.3, 0.4) is 0 Å². The van der Waals surface area contributed by atoms with Crippen LogP contribution in [0, 0.1) is 11.8 Å². The normalized spacial score (nSPS) is 31.0. The topological polar surface area (TPSA) is 26.3 Å². The zero-order valence-corrected chi connectivity index (χ0v) is 6.82. The molecule has 1 aliphatic rings. The summed E-state index contributed by atoms with van der Waals surface area (Å²) < 4.78 is 4.47. The Morgan fingerprint density at radius 3 is 2.82 bits per heavy atom. The molecular formula is C9H14O2. The van der Waals surface area contributed by atoms with Gasteiger partial charge in [-0.3, -0.25) is 4.79 Å². The average molecular weight is 154 g/mol. The Labute approximate surface area is 67.2 Å². The molecule has 0 heterocycles. The third-order valence-corrected chi connectivity index (χ3v) is 2.22. The van der Waals surface area contributed by atoms with Crippen molar-refractivity contribution < 1.29 is 9.53 Å². The van der Waals surface area contributed by atoms with E-state index in [1.54, 1.807) is 0 Å². The van der Waals surface area contributed by atoms with Gasteiger partial charge in [0.25, 0.3) is 6.47 Å². The molecule has 1 fully saturated rings. The van der Waals surface area contributed by atoms with Crippen LogP contribution in [0.4, 0.5) is 0 Å². The number of hydrogen-bond acceptors (Lipinski definition) is 2. The summed E-state index contributed by atoms with van der Waals surface area (Å²) in [5.41, 5.74) is 0. The van der Waals surface area contributed by atoms with Crippen LogP contribution in [-0.4, -0.2) is 6.47 Å². The molecule has 62 valence electrons. The van der Waals surface area contributed by atoms with E-state index in [2.05, 4.69) is 11.7 Å². The molecule has 1 rings (SSSR count). The summed E-state index contributed by atoms with van der Waals surface area (Å²) in [6.07, 6.45) is 7.25. The van der Waals surface area contributed by atoms with Gasteiger partial charge in [-0.1, -0.05) is 13.3 Å². The molecule has 0 aromatic carbocycles. The Morgan fingerprint density at radius 2 is 2.27 bits per heavy atom. The predicted molar refractivity (Wildman–Crippen MR) is 42.8 cm³/mol. The van der Waals surface area contributed by atoms with Crippen molar-refractivity contribution in [3.63, 3.8) is 0 Å². The summed E-state index contributed by atoms with van der Waals surface area (Å²) in [7, 11) is 0. The molecule has 0 N–H and O–H groups in total. The lowest BCUT2D eigenvalue weighted by Crippen LogP contribution is -1.89. The number of hydrogen-bond donors (Lipinski definition) is 0. The van der Waals surface area contributed by atoms with Crippen molar-refractivity contribution >= 4 is 6.47 Å². The molecule has 2 unspecified atom stereocenters. The third-order valence-electron chi connectivity index (χ3n) is 2.22. The van der Waals surface area contributed by atoms with Crippen LogP contribution in [0.2, 0.25) is 0 Å². The second kappa shape index (κ2) is 4.16. The van der Waals surface area contributed by atoms with E-state index >= 15 is 0 Å². The number of carbonyl (C=O) groups excluding carboxylic acids is 1. The van der Waals surface area contributed by atoms with E-state index in [0.29, 0.717) is 12.4 Å². The van der Waals surface area contributed by atoms with E-state index in [4.69, 9.17) is 0 Å². The van der Waals surface area contributed by atoms with Gasteiger partial charge in [0.2, 0.25) is 0 Å². The van der Waals surface area contributed by atoms with Gasteiger partial charge in [-0.25, -0.2) is 0 Å². The first kappa shape index (κ1) is 8.31. The molecule has 2 nitrogen and oxygen atoms in total. The van der Waals surface area contributed by atoms with E-state index < -0.39 is 0 Å². The van der Waals surface area contributed by atoms with E-state index in [-0.39, 0.29) is 0 Å². The summed E-state index contributed by atoms with van der Waals surface area (Å²) in [6, 6.07) is 0. The highest BCUT2D eigenvalue weighted by molar-refractivity contribution is 5.38. The van der Waals surface area contributed by atoms with Crippen LogP contribution in [0.1, 0.15) is 26.2 Å². The van der Waals surface area contributed by atoms with Crippen LogP contribution in [0.25, 0.3) is 0 Å². The maximum absolute atomic E-state index is 9.77. The van der Waals surface area contributed by atoms with Crippen LogP contribution in [0.15, 0.2) is 12.3 Å². The van der Waals surface area contributed by atoms with Crippen molar-refractivity contribution in [1.82, 2.24) is 0 Å². The average Bonchev–Trinajstić information content (AvgIpc) is 2.37. The molecule has 2 heteroatoms. The molecule has 0 amide bonds. The Hall–Kier alpha value is -0.790. The van der Waals surface area contributed by atoms with Gasteiger partial charge in [-0.2, -0.15) is 0 Å². The fourth-order valence-electron chi connectivity index (χ4n) is 1.61. The van der Waals surface area contributed by atoms with Gasteiger partial charge < -0.3 is 4.74 Å². The summed E-state index contributed by atoms with van der Waals surface area (Å²) in [5.74, 6) is 1.46. The Morgan fingerprint density at radius 1 is 1.45 bits per heavy atom. The minimum absolute atomic E-state index is 0.453. The van der Waals surface area contributed by atoms with Crippen molar-refractivity contribution in [2.75, 3.05) is 0 Å². The van der Waals surface area contributed by atoms with Gasteiger partial charge in [0.15, 0.2) is 0 Å². The van der Waals surface area contributed by atoms with Crippen molar-refractivity contribution in [3.05, 3.63) is 12.3 Å². The highest BCUT2D eigenvalue weighted by Crippen LogP contribution is 2.30. The van der Waals surface area contributed by atoms with Crippen molar-refractivity contribution in [2.24, 2.45) is 11.8 Å². The van der Waals surface area contributed by atoms with Crippen LogP contribution in [-0.2, 0) is 9.53 Å². The Balaban J connectivity index is 2.22. The van der Waals surface area contributed by atoms with Crippen LogP contribution in [0.5, 0.6) is 0 Å².